The van der Waals surface area contributed by atoms with Gasteiger partial charge in [0.05, 0.1) is 23.3 Å². The highest BCUT2D eigenvalue weighted by Crippen LogP contribution is 2.24. The number of benzene rings is 1. The van der Waals surface area contributed by atoms with E-state index >= 15 is 0 Å². The molecular formula is C20H22N2O7. The second-order valence-electron chi connectivity index (χ2n) is 6.10. The molecule has 154 valence electrons. The first-order chi connectivity index (χ1) is 13.9. The summed E-state index contributed by atoms with van der Waals surface area (Å²) in [6.07, 6.45) is 2.02. The van der Waals surface area contributed by atoms with E-state index in [2.05, 4.69) is 11.9 Å². The van der Waals surface area contributed by atoms with E-state index in [0.29, 0.717) is 13.0 Å². The number of fused-ring (bicyclic) bond motifs is 1. The summed E-state index contributed by atoms with van der Waals surface area (Å²) < 4.78 is 9.70. The maximum Gasteiger partial charge on any atom is 0.338 e. The van der Waals surface area contributed by atoms with Crippen LogP contribution in [-0.4, -0.2) is 60.9 Å². The third-order valence-electron chi connectivity index (χ3n) is 4.04. The van der Waals surface area contributed by atoms with Gasteiger partial charge in [-0.05, 0) is 31.5 Å². The number of nitrogens with zero attached hydrogens (tertiary/aromatic N) is 1. The van der Waals surface area contributed by atoms with Crippen molar-refractivity contribution < 1.29 is 33.4 Å². The van der Waals surface area contributed by atoms with Crippen molar-refractivity contribution in [3.63, 3.8) is 0 Å². The summed E-state index contributed by atoms with van der Waals surface area (Å²) >= 11 is 0. The fourth-order valence-electron chi connectivity index (χ4n) is 2.67. The van der Waals surface area contributed by atoms with Crippen LogP contribution in [0.15, 0.2) is 30.9 Å². The van der Waals surface area contributed by atoms with Gasteiger partial charge in [-0.15, -0.1) is 6.58 Å². The van der Waals surface area contributed by atoms with Crippen LogP contribution in [0.2, 0.25) is 0 Å². The summed E-state index contributed by atoms with van der Waals surface area (Å²) in [5.74, 6) is -2.63. The van der Waals surface area contributed by atoms with E-state index in [1.807, 2.05) is 0 Å². The Morgan fingerprint density at radius 1 is 1.14 bits per heavy atom. The second-order valence-corrected chi connectivity index (χ2v) is 6.10. The summed E-state index contributed by atoms with van der Waals surface area (Å²) in [6.45, 7) is 5.32. The molecule has 0 aromatic heterocycles. The van der Waals surface area contributed by atoms with Crippen molar-refractivity contribution in [1.82, 2.24) is 10.2 Å². The highest BCUT2D eigenvalue weighted by molar-refractivity contribution is 6.22. The number of imide groups is 1. The molecule has 1 aromatic rings. The predicted molar refractivity (Wildman–Crippen MR) is 101 cm³/mol. The molecule has 0 aliphatic carbocycles. The molecular weight excluding hydrogens is 380 g/mol. The van der Waals surface area contributed by atoms with Gasteiger partial charge in [-0.25, -0.2) is 4.79 Å². The summed E-state index contributed by atoms with van der Waals surface area (Å²) in [4.78, 5) is 60.5. The Kier molecular flexibility index (Phi) is 7.64. The molecule has 29 heavy (non-hydrogen) atoms. The van der Waals surface area contributed by atoms with Crippen LogP contribution in [0.4, 0.5) is 0 Å². The molecule has 1 heterocycles. The summed E-state index contributed by atoms with van der Waals surface area (Å²) in [6, 6.07) is 4.02. The molecule has 3 amide bonds. The number of rotatable bonds is 10. The zero-order valence-electron chi connectivity index (χ0n) is 16.1. The molecule has 0 bridgehead atoms. The number of hydrogen-bond acceptors (Lipinski definition) is 7. The Balaban J connectivity index is 1.84. The number of carbonyl (C=O) groups is 5. The van der Waals surface area contributed by atoms with Crippen LogP contribution in [0.5, 0.6) is 0 Å². The molecule has 1 aliphatic rings. The lowest BCUT2D eigenvalue weighted by Gasteiger charge is -2.09. The molecule has 0 radical (unpaired) electrons. The normalized spacial score (nSPS) is 12.4. The Morgan fingerprint density at radius 2 is 1.86 bits per heavy atom. The fourth-order valence-corrected chi connectivity index (χ4v) is 2.67. The van der Waals surface area contributed by atoms with Gasteiger partial charge in [0.1, 0.15) is 0 Å². The lowest BCUT2D eigenvalue weighted by atomic mass is 10.1. The molecule has 0 saturated carbocycles. The third kappa shape index (κ3) is 5.50. The van der Waals surface area contributed by atoms with E-state index in [-0.39, 0.29) is 42.2 Å². The van der Waals surface area contributed by atoms with Gasteiger partial charge in [0.15, 0.2) is 6.61 Å². The minimum atomic E-state index is -0.795. The number of hydrogen-bond donors (Lipinski definition) is 1. The molecule has 0 fully saturated rings. The molecule has 1 aliphatic heterocycles. The standard InChI is InChI=1S/C20H22N2O7/c1-3-10-22-18(25)14-8-7-13(11-15(14)19(22)26)20(27)29-12-16(23)21-9-5-6-17(24)28-4-2/h3,7-8,11H,1,4-6,9-10,12H2,2H3,(H,21,23). The Morgan fingerprint density at radius 3 is 2.55 bits per heavy atom. The molecule has 1 N–H and O–H groups in total. The fraction of sp³-hybridized carbons (Fsp3) is 0.350. The van der Waals surface area contributed by atoms with Crippen molar-refractivity contribution in [3.8, 4) is 0 Å². The molecule has 9 nitrogen and oxygen atoms in total. The zero-order valence-corrected chi connectivity index (χ0v) is 16.1. The summed E-state index contributed by atoms with van der Waals surface area (Å²) in [5.41, 5.74) is 0.364. The Bertz CT molecular complexity index is 847. The van der Waals surface area contributed by atoms with Gasteiger partial charge < -0.3 is 14.8 Å². The molecule has 1 aromatic carbocycles. The Labute approximate surface area is 167 Å². The van der Waals surface area contributed by atoms with Crippen LogP contribution in [0.25, 0.3) is 0 Å². The topological polar surface area (TPSA) is 119 Å². The number of carbonyl (C=O) groups excluding carboxylic acids is 5. The number of amides is 3. The van der Waals surface area contributed by atoms with Crippen LogP contribution < -0.4 is 5.32 Å². The molecule has 0 spiro atoms. The number of esters is 2. The van der Waals surface area contributed by atoms with Crippen LogP contribution in [0.1, 0.15) is 50.8 Å². The quantitative estimate of drug-likeness (QED) is 0.269. The second kappa shape index (κ2) is 10.2. The molecule has 0 unspecified atom stereocenters. The Hall–Kier alpha value is -3.49. The van der Waals surface area contributed by atoms with E-state index in [4.69, 9.17) is 9.47 Å². The minimum absolute atomic E-state index is 0.0560. The van der Waals surface area contributed by atoms with E-state index in [1.54, 1.807) is 6.92 Å². The monoisotopic (exact) mass is 402 g/mol. The third-order valence-corrected chi connectivity index (χ3v) is 4.04. The van der Waals surface area contributed by atoms with E-state index in [0.717, 1.165) is 4.90 Å². The highest BCUT2D eigenvalue weighted by Gasteiger charge is 2.35. The van der Waals surface area contributed by atoms with E-state index < -0.39 is 30.3 Å². The van der Waals surface area contributed by atoms with Crippen molar-refractivity contribution in [1.29, 1.82) is 0 Å². The van der Waals surface area contributed by atoms with Gasteiger partial charge in [-0.2, -0.15) is 0 Å². The number of ether oxygens (including phenoxy) is 2. The first-order valence-electron chi connectivity index (χ1n) is 9.09. The van der Waals surface area contributed by atoms with Crippen molar-refractivity contribution in [3.05, 3.63) is 47.5 Å². The lowest BCUT2D eigenvalue weighted by Crippen LogP contribution is -2.30. The van der Waals surface area contributed by atoms with E-state index in [1.165, 1.54) is 24.3 Å². The molecule has 9 heteroatoms. The van der Waals surface area contributed by atoms with E-state index in [9.17, 15) is 24.0 Å². The predicted octanol–water partition coefficient (Wildman–Crippen LogP) is 1.08. The van der Waals surface area contributed by atoms with Gasteiger partial charge in [0, 0.05) is 19.5 Å². The van der Waals surface area contributed by atoms with Crippen LogP contribution in [0.3, 0.4) is 0 Å². The molecule has 0 atom stereocenters. The van der Waals surface area contributed by atoms with Gasteiger partial charge >= 0.3 is 11.9 Å². The number of nitrogens with one attached hydrogen (secondary N) is 1. The lowest BCUT2D eigenvalue weighted by molar-refractivity contribution is -0.143. The first kappa shape index (κ1) is 21.8. The van der Waals surface area contributed by atoms with Crippen molar-refractivity contribution >= 4 is 29.7 Å². The molecule has 0 saturated heterocycles. The van der Waals surface area contributed by atoms with Crippen molar-refractivity contribution in [2.24, 2.45) is 0 Å². The van der Waals surface area contributed by atoms with Crippen molar-refractivity contribution in [2.45, 2.75) is 19.8 Å². The largest absolute Gasteiger partial charge is 0.466 e. The summed E-state index contributed by atoms with van der Waals surface area (Å²) in [7, 11) is 0. The molecule has 2 rings (SSSR count). The summed E-state index contributed by atoms with van der Waals surface area (Å²) in [5, 5.41) is 2.52. The van der Waals surface area contributed by atoms with Crippen LogP contribution >= 0.6 is 0 Å². The SMILES string of the molecule is C=CCN1C(=O)c2ccc(C(=O)OCC(=O)NCCCC(=O)OCC)cc2C1=O. The average molecular weight is 402 g/mol. The zero-order chi connectivity index (χ0) is 21.4. The minimum Gasteiger partial charge on any atom is -0.466 e. The van der Waals surface area contributed by atoms with Crippen LogP contribution in [0, 0.1) is 0 Å². The van der Waals surface area contributed by atoms with Crippen molar-refractivity contribution in [2.75, 3.05) is 26.3 Å². The maximum absolute atomic E-state index is 12.3. The van der Waals surface area contributed by atoms with Gasteiger partial charge in [0.2, 0.25) is 0 Å². The van der Waals surface area contributed by atoms with Gasteiger partial charge in [-0.1, -0.05) is 6.08 Å². The van der Waals surface area contributed by atoms with Crippen LogP contribution in [-0.2, 0) is 19.1 Å². The van der Waals surface area contributed by atoms with Gasteiger partial charge in [0.25, 0.3) is 17.7 Å². The average Bonchev–Trinajstić information content (AvgIpc) is 2.94. The maximum atomic E-state index is 12.3. The highest BCUT2D eigenvalue weighted by atomic mass is 16.5. The smallest absolute Gasteiger partial charge is 0.338 e. The first-order valence-corrected chi connectivity index (χ1v) is 9.09. The van der Waals surface area contributed by atoms with Gasteiger partial charge in [-0.3, -0.25) is 24.1 Å².